The molecular weight excluding hydrogens is 292 g/mol. The highest BCUT2D eigenvalue weighted by atomic mass is 16.5. The molecule has 5 heteroatoms. The molecule has 1 aliphatic heterocycles. The Balaban J connectivity index is 1.95. The topological polar surface area (TPSA) is 50.8 Å². The van der Waals surface area contributed by atoms with Crippen LogP contribution in [0.4, 0.5) is 0 Å². The van der Waals surface area contributed by atoms with E-state index in [9.17, 15) is 4.79 Å². The third-order valence-corrected chi connectivity index (χ3v) is 4.33. The fraction of sp³-hybridized carbons (Fsp3) is 0.611. The highest BCUT2D eigenvalue weighted by Gasteiger charge is 2.23. The molecule has 1 heterocycles. The Morgan fingerprint density at radius 2 is 1.91 bits per heavy atom. The van der Waals surface area contributed by atoms with Crippen LogP contribution in [0, 0.1) is 0 Å². The summed E-state index contributed by atoms with van der Waals surface area (Å²) in [5, 5.41) is 3.08. The summed E-state index contributed by atoms with van der Waals surface area (Å²) in [6.45, 7) is 3.46. The van der Waals surface area contributed by atoms with Crippen LogP contribution >= 0.6 is 0 Å². The number of hydrogen-bond donors (Lipinski definition) is 1. The summed E-state index contributed by atoms with van der Waals surface area (Å²) in [6.07, 6.45) is 3.74. The number of carbonyl (C=O) groups excluding carboxylic acids is 1. The van der Waals surface area contributed by atoms with Crippen molar-refractivity contribution < 1.29 is 14.3 Å². The van der Waals surface area contributed by atoms with Gasteiger partial charge in [-0.15, -0.1) is 0 Å². The Bertz CT molecular complexity index is 470. The van der Waals surface area contributed by atoms with Crippen LogP contribution in [-0.4, -0.2) is 51.3 Å². The lowest BCUT2D eigenvalue weighted by molar-refractivity contribution is -0.121. The molecule has 2 rings (SSSR count). The molecule has 1 saturated heterocycles. The number of likely N-dealkylation sites (tertiary alicyclic amines) is 1. The monoisotopic (exact) mass is 320 g/mol. The van der Waals surface area contributed by atoms with Crippen LogP contribution in [0.5, 0.6) is 5.75 Å². The van der Waals surface area contributed by atoms with Crippen LogP contribution < -0.4 is 10.1 Å². The number of carbonyl (C=O) groups is 1. The SMILES string of the molecule is COCCCC(=O)NCC(c1ccc(OC)cc1)N1CCCC1. The van der Waals surface area contributed by atoms with E-state index in [0.717, 1.165) is 25.3 Å². The average Bonchev–Trinajstić information content (AvgIpc) is 3.10. The zero-order valence-electron chi connectivity index (χ0n) is 14.2. The second-order valence-electron chi connectivity index (χ2n) is 5.93. The summed E-state index contributed by atoms with van der Waals surface area (Å²) < 4.78 is 10.2. The maximum Gasteiger partial charge on any atom is 0.220 e. The number of methoxy groups -OCH3 is 2. The summed E-state index contributed by atoms with van der Waals surface area (Å²) in [5.74, 6) is 0.956. The van der Waals surface area contributed by atoms with E-state index in [1.165, 1.54) is 18.4 Å². The van der Waals surface area contributed by atoms with Gasteiger partial charge in [-0.2, -0.15) is 0 Å². The van der Waals surface area contributed by atoms with E-state index in [1.54, 1.807) is 14.2 Å². The van der Waals surface area contributed by atoms with Gasteiger partial charge < -0.3 is 14.8 Å². The molecule has 128 valence electrons. The highest BCUT2D eigenvalue weighted by molar-refractivity contribution is 5.75. The van der Waals surface area contributed by atoms with Crippen LogP contribution in [0.1, 0.15) is 37.3 Å². The van der Waals surface area contributed by atoms with Crippen molar-refractivity contribution in [3.8, 4) is 5.75 Å². The lowest BCUT2D eigenvalue weighted by Gasteiger charge is -2.28. The predicted molar refractivity (Wildman–Crippen MR) is 90.7 cm³/mol. The molecule has 1 unspecified atom stereocenters. The van der Waals surface area contributed by atoms with Crippen LogP contribution in [0.15, 0.2) is 24.3 Å². The number of hydrogen-bond acceptors (Lipinski definition) is 4. The Morgan fingerprint density at radius 3 is 2.52 bits per heavy atom. The minimum atomic E-state index is 0.0970. The van der Waals surface area contributed by atoms with E-state index < -0.39 is 0 Å². The van der Waals surface area contributed by atoms with E-state index in [-0.39, 0.29) is 11.9 Å². The number of nitrogens with one attached hydrogen (secondary N) is 1. The molecule has 23 heavy (non-hydrogen) atoms. The van der Waals surface area contributed by atoms with Gasteiger partial charge in [0.1, 0.15) is 5.75 Å². The predicted octanol–water partition coefficient (Wildman–Crippen LogP) is 2.37. The quantitative estimate of drug-likeness (QED) is 0.710. The summed E-state index contributed by atoms with van der Waals surface area (Å²) >= 11 is 0. The van der Waals surface area contributed by atoms with Gasteiger partial charge in [0.05, 0.1) is 13.2 Å². The van der Waals surface area contributed by atoms with Crippen molar-refractivity contribution in [2.24, 2.45) is 0 Å². The van der Waals surface area contributed by atoms with Gasteiger partial charge >= 0.3 is 0 Å². The van der Waals surface area contributed by atoms with E-state index in [0.29, 0.717) is 19.6 Å². The zero-order chi connectivity index (χ0) is 16.5. The number of benzene rings is 1. The first kappa shape index (κ1) is 17.8. The van der Waals surface area contributed by atoms with Crippen molar-refractivity contribution in [3.63, 3.8) is 0 Å². The lowest BCUT2D eigenvalue weighted by Crippen LogP contribution is -2.36. The van der Waals surface area contributed by atoms with Crippen molar-refractivity contribution in [2.75, 3.05) is 40.5 Å². The second kappa shape index (κ2) is 9.53. The van der Waals surface area contributed by atoms with Crippen LogP contribution in [0.3, 0.4) is 0 Å². The van der Waals surface area contributed by atoms with Crippen LogP contribution in [0.2, 0.25) is 0 Å². The molecule has 1 aromatic carbocycles. The van der Waals surface area contributed by atoms with Gasteiger partial charge in [-0.25, -0.2) is 0 Å². The van der Waals surface area contributed by atoms with Crippen LogP contribution in [0.25, 0.3) is 0 Å². The van der Waals surface area contributed by atoms with Gasteiger partial charge in [0.25, 0.3) is 0 Å². The minimum absolute atomic E-state index is 0.0970. The number of rotatable bonds is 9. The third-order valence-electron chi connectivity index (χ3n) is 4.33. The maximum absolute atomic E-state index is 12.0. The molecule has 0 bridgehead atoms. The molecule has 1 N–H and O–H groups in total. The molecule has 0 radical (unpaired) electrons. The van der Waals surface area contributed by atoms with E-state index in [1.807, 2.05) is 12.1 Å². The molecule has 1 amide bonds. The summed E-state index contributed by atoms with van der Waals surface area (Å²) in [6, 6.07) is 8.39. The van der Waals surface area contributed by atoms with E-state index >= 15 is 0 Å². The van der Waals surface area contributed by atoms with Crippen molar-refractivity contribution in [3.05, 3.63) is 29.8 Å². The summed E-state index contributed by atoms with van der Waals surface area (Å²) in [7, 11) is 3.33. The lowest BCUT2D eigenvalue weighted by atomic mass is 10.1. The molecule has 0 aromatic heterocycles. The van der Waals surface area contributed by atoms with Gasteiger partial charge in [-0.3, -0.25) is 9.69 Å². The van der Waals surface area contributed by atoms with Gasteiger partial charge in [0, 0.05) is 26.7 Å². The van der Waals surface area contributed by atoms with Crippen molar-refractivity contribution in [1.82, 2.24) is 10.2 Å². The smallest absolute Gasteiger partial charge is 0.220 e. The number of nitrogens with zero attached hydrogens (tertiary/aromatic N) is 1. The van der Waals surface area contributed by atoms with Crippen LogP contribution in [-0.2, 0) is 9.53 Å². The third kappa shape index (κ3) is 5.52. The normalized spacial score (nSPS) is 16.3. The maximum atomic E-state index is 12.0. The van der Waals surface area contributed by atoms with Crippen molar-refractivity contribution >= 4 is 5.91 Å². The molecule has 0 aliphatic carbocycles. The molecular formula is C18H28N2O3. The Morgan fingerprint density at radius 1 is 1.22 bits per heavy atom. The first-order chi connectivity index (χ1) is 11.2. The second-order valence-corrected chi connectivity index (χ2v) is 5.93. The van der Waals surface area contributed by atoms with Crippen molar-refractivity contribution in [1.29, 1.82) is 0 Å². The molecule has 1 atom stereocenters. The highest BCUT2D eigenvalue weighted by Crippen LogP contribution is 2.26. The Hall–Kier alpha value is -1.59. The molecule has 0 saturated carbocycles. The first-order valence-corrected chi connectivity index (χ1v) is 8.38. The number of ether oxygens (including phenoxy) is 2. The van der Waals surface area contributed by atoms with Crippen molar-refractivity contribution in [2.45, 2.75) is 31.7 Å². The zero-order valence-corrected chi connectivity index (χ0v) is 14.2. The summed E-state index contributed by atoms with van der Waals surface area (Å²) in [5.41, 5.74) is 1.23. The Kier molecular flexibility index (Phi) is 7.36. The fourth-order valence-electron chi connectivity index (χ4n) is 3.01. The molecule has 0 spiro atoms. The van der Waals surface area contributed by atoms with Gasteiger partial charge in [-0.1, -0.05) is 12.1 Å². The molecule has 5 nitrogen and oxygen atoms in total. The van der Waals surface area contributed by atoms with Gasteiger partial charge in [0.15, 0.2) is 0 Å². The Labute approximate surface area is 139 Å². The largest absolute Gasteiger partial charge is 0.497 e. The fourth-order valence-corrected chi connectivity index (χ4v) is 3.01. The first-order valence-electron chi connectivity index (χ1n) is 8.38. The minimum Gasteiger partial charge on any atom is -0.497 e. The van der Waals surface area contributed by atoms with E-state index in [4.69, 9.17) is 9.47 Å². The van der Waals surface area contributed by atoms with Gasteiger partial charge in [-0.05, 0) is 50.0 Å². The number of amides is 1. The summed E-state index contributed by atoms with van der Waals surface area (Å²) in [4.78, 5) is 14.4. The molecule has 1 aromatic rings. The molecule has 1 aliphatic rings. The molecule has 1 fully saturated rings. The van der Waals surface area contributed by atoms with E-state index in [2.05, 4.69) is 22.3 Å². The average molecular weight is 320 g/mol. The van der Waals surface area contributed by atoms with Gasteiger partial charge in [0.2, 0.25) is 5.91 Å². The standard InChI is InChI=1S/C18H28N2O3/c1-22-13-5-6-18(21)19-14-17(20-11-3-4-12-20)15-7-9-16(23-2)10-8-15/h7-10,17H,3-6,11-14H2,1-2H3,(H,19,21).